The smallest absolute Gasteiger partial charge is 0.242 e. The van der Waals surface area contributed by atoms with E-state index in [2.05, 4.69) is 9.71 Å². The zero-order valence-corrected chi connectivity index (χ0v) is 12.7. The lowest BCUT2D eigenvalue weighted by Crippen LogP contribution is -2.26. The van der Waals surface area contributed by atoms with Gasteiger partial charge in [0.25, 0.3) is 0 Å². The molecule has 0 aliphatic carbocycles. The molecule has 7 heteroatoms. The fourth-order valence-corrected chi connectivity index (χ4v) is 3.01. The lowest BCUT2D eigenvalue weighted by Gasteiger charge is -2.12. The quantitative estimate of drug-likeness (QED) is 0.852. The van der Waals surface area contributed by atoms with Crippen molar-refractivity contribution >= 4 is 21.6 Å². The highest BCUT2D eigenvalue weighted by atomic mass is 35.5. The van der Waals surface area contributed by atoms with Crippen LogP contribution in [0.1, 0.15) is 18.1 Å². The molecule has 0 spiro atoms. The Hall–Kier alpha value is -1.47. The number of pyridine rings is 1. The number of nitrogens with zero attached hydrogens (tertiary/aromatic N) is 1. The summed E-state index contributed by atoms with van der Waals surface area (Å²) >= 11 is 5.85. The number of hydrogen-bond donors (Lipinski definition) is 2. The van der Waals surface area contributed by atoms with Gasteiger partial charge in [-0.1, -0.05) is 23.7 Å². The molecular weight excluding hydrogens is 312 g/mol. The van der Waals surface area contributed by atoms with Crippen LogP contribution in [-0.2, 0) is 10.0 Å². The van der Waals surface area contributed by atoms with Crippen LogP contribution in [-0.4, -0.2) is 25.1 Å². The van der Waals surface area contributed by atoms with Gasteiger partial charge in [-0.2, -0.15) is 0 Å². The van der Waals surface area contributed by atoms with Crippen molar-refractivity contribution in [2.75, 3.05) is 6.54 Å². The number of benzene rings is 1. The van der Waals surface area contributed by atoms with E-state index in [0.717, 1.165) is 0 Å². The minimum atomic E-state index is -3.60. The standard InChI is InChI=1S/C14H15ClN2O3S/c15-12-4-1-3-11(9-12)14(18)6-8-17-21(19,20)13-5-2-7-16-10-13/h1-5,7,9-10,14,17-18H,6,8H2. The predicted molar refractivity (Wildman–Crippen MR) is 80.5 cm³/mol. The first-order valence-electron chi connectivity index (χ1n) is 6.32. The van der Waals surface area contributed by atoms with Crippen LogP contribution in [0.4, 0.5) is 0 Å². The van der Waals surface area contributed by atoms with Gasteiger partial charge in [0.2, 0.25) is 10.0 Å². The van der Waals surface area contributed by atoms with Gasteiger partial charge in [0.05, 0.1) is 6.10 Å². The largest absolute Gasteiger partial charge is 0.388 e. The highest BCUT2D eigenvalue weighted by molar-refractivity contribution is 7.89. The minimum Gasteiger partial charge on any atom is -0.388 e. The number of aromatic nitrogens is 1. The molecule has 0 fully saturated rings. The first-order chi connectivity index (χ1) is 9.99. The molecule has 1 aromatic heterocycles. The summed E-state index contributed by atoms with van der Waals surface area (Å²) in [5.41, 5.74) is 0.656. The van der Waals surface area contributed by atoms with Crippen molar-refractivity contribution in [1.82, 2.24) is 9.71 Å². The van der Waals surface area contributed by atoms with Crippen molar-refractivity contribution in [2.45, 2.75) is 17.4 Å². The van der Waals surface area contributed by atoms with Gasteiger partial charge >= 0.3 is 0 Å². The van der Waals surface area contributed by atoms with Gasteiger partial charge in [0, 0.05) is 24.0 Å². The molecule has 5 nitrogen and oxygen atoms in total. The summed E-state index contributed by atoms with van der Waals surface area (Å²) in [6.45, 7) is 0.116. The molecule has 0 amide bonds. The van der Waals surface area contributed by atoms with Crippen LogP contribution in [0.3, 0.4) is 0 Å². The van der Waals surface area contributed by atoms with E-state index in [-0.39, 0.29) is 17.9 Å². The van der Waals surface area contributed by atoms with Crippen LogP contribution in [0.25, 0.3) is 0 Å². The molecule has 0 saturated heterocycles. The molecule has 1 atom stereocenters. The first kappa shape index (κ1) is 15.9. The summed E-state index contributed by atoms with van der Waals surface area (Å²) in [6.07, 6.45) is 2.25. The molecule has 112 valence electrons. The minimum absolute atomic E-state index is 0.0993. The molecule has 2 rings (SSSR count). The van der Waals surface area contributed by atoms with Crippen LogP contribution in [0.5, 0.6) is 0 Å². The Morgan fingerprint density at radius 1 is 1.29 bits per heavy atom. The average molecular weight is 327 g/mol. The summed E-state index contributed by atoms with van der Waals surface area (Å²) < 4.78 is 26.3. The molecule has 1 unspecified atom stereocenters. The molecular formula is C14H15ClN2O3S. The van der Waals surface area contributed by atoms with Crippen molar-refractivity contribution in [2.24, 2.45) is 0 Å². The molecule has 2 N–H and O–H groups in total. The van der Waals surface area contributed by atoms with E-state index in [4.69, 9.17) is 11.6 Å². The van der Waals surface area contributed by atoms with Crippen LogP contribution in [0.15, 0.2) is 53.7 Å². The third-order valence-electron chi connectivity index (χ3n) is 2.89. The number of hydrogen-bond acceptors (Lipinski definition) is 4. The lowest BCUT2D eigenvalue weighted by atomic mass is 10.1. The second-order valence-electron chi connectivity index (χ2n) is 4.45. The van der Waals surface area contributed by atoms with Gasteiger partial charge < -0.3 is 5.11 Å². The van der Waals surface area contributed by atoms with Crippen molar-refractivity contribution < 1.29 is 13.5 Å². The summed E-state index contributed by atoms with van der Waals surface area (Å²) in [4.78, 5) is 3.87. The molecule has 0 saturated carbocycles. The molecule has 2 aromatic rings. The van der Waals surface area contributed by atoms with Gasteiger partial charge in [0.15, 0.2) is 0 Å². The Morgan fingerprint density at radius 2 is 2.10 bits per heavy atom. The monoisotopic (exact) mass is 326 g/mol. The summed E-state index contributed by atoms with van der Waals surface area (Å²) in [7, 11) is -3.60. The fraction of sp³-hybridized carbons (Fsp3) is 0.214. The normalized spacial score (nSPS) is 13.0. The fourth-order valence-electron chi connectivity index (χ4n) is 1.80. The van der Waals surface area contributed by atoms with Crippen molar-refractivity contribution in [3.8, 4) is 0 Å². The molecule has 0 aliphatic heterocycles. The highest BCUT2D eigenvalue weighted by Gasteiger charge is 2.15. The Balaban J connectivity index is 1.92. The lowest BCUT2D eigenvalue weighted by molar-refractivity contribution is 0.169. The summed E-state index contributed by atoms with van der Waals surface area (Å²) in [5.74, 6) is 0. The summed E-state index contributed by atoms with van der Waals surface area (Å²) in [6, 6.07) is 9.86. The second kappa shape index (κ2) is 7.00. The number of nitrogens with one attached hydrogen (secondary N) is 1. The molecule has 0 radical (unpaired) electrons. The molecule has 0 bridgehead atoms. The Kier molecular flexibility index (Phi) is 5.30. The van der Waals surface area contributed by atoms with Gasteiger partial charge in [0.1, 0.15) is 4.90 Å². The van der Waals surface area contributed by atoms with Crippen LogP contribution < -0.4 is 4.72 Å². The Labute approximate surface area is 128 Å². The number of sulfonamides is 1. The topological polar surface area (TPSA) is 79.3 Å². The van der Waals surface area contributed by atoms with E-state index >= 15 is 0 Å². The third kappa shape index (κ3) is 4.50. The maximum atomic E-state index is 12.0. The molecule has 1 aromatic carbocycles. The van der Waals surface area contributed by atoms with Crippen LogP contribution in [0, 0.1) is 0 Å². The number of aliphatic hydroxyl groups excluding tert-OH is 1. The first-order valence-corrected chi connectivity index (χ1v) is 8.18. The average Bonchev–Trinajstić information content (AvgIpc) is 2.48. The molecule has 1 heterocycles. The van der Waals surface area contributed by atoms with E-state index in [0.29, 0.717) is 10.6 Å². The third-order valence-corrected chi connectivity index (χ3v) is 4.57. The van der Waals surface area contributed by atoms with Crippen LogP contribution >= 0.6 is 11.6 Å². The zero-order valence-electron chi connectivity index (χ0n) is 11.1. The van der Waals surface area contributed by atoms with Crippen molar-refractivity contribution in [1.29, 1.82) is 0 Å². The van der Waals surface area contributed by atoms with Gasteiger partial charge in [-0.3, -0.25) is 4.98 Å². The van der Waals surface area contributed by atoms with E-state index in [1.807, 2.05) is 0 Å². The zero-order chi connectivity index (χ0) is 15.3. The van der Waals surface area contributed by atoms with E-state index < -0.39 is 16.1 Å². The maximum absolute atomic E-state index is 12.0. The van der Waals surface area contributed by atoms with E-state index in [9.17, 15) is 13.5 Å². The van der Waals surface area contributed by atoms with Gasteiger partial charge in [-0.25, -0.2) is 13.1 Å². The van der Waals surface area contributed by atoms with Crippen molar-refractivity contribution in [3.05, 3.63) is 59.4 Å². The Bertz CT molecular complexity index is 692. The van der Waals surface area contributed by atoms with Crippen LogP contribution in [0.2, 0.25) is 5.02 Å². The van der Waals surface area contributed by atoms with E-state index in [1.165, 1.54) is 18.5 Å². The molecule has 0 aliphatic rings. The highest BCUT2D eigenvalue weighted by Crippen LogP contribution is 2.20. The second-order valence-corrected chi connectivity index (χ2v) is 6.65. The van der Waals surface area contributed by atoms with Gasteiger partial charge in [-0.15, -0.1) is 0 Å². The summed E-state index contributed by atoms with van der Waals surface area (Å²) in [5, 5.41) is 10.5. The number of halogens is 1. The predicted octanol–water partition coefficient (Wildman–Crippen LogP) is 2.14. The van der Waals surface area contributed by atoms with Crippen molar-refractivity contribution in [3.63, 3.8) is 0 Å². The number of aliphatic hydroxyl groups is 1. The van der Waals surface area contributed by atoms with E-state index in [1.54, 1.807) is 30.3 Å². The molecule has 21 heavy (non-hydrogen) atoms. The Morgan fingerprint density at radius 3 is 2.76 bits per heavy atom. The SMILES string of the molecule is O=S(=O)(NCCC(O)c1cccc(Cl)c1)c1cccnc1. The maximum Gasteiger partial charge on any atom is 0.242 e. The number of rotatable bonds is 6. The van der Waals surface area contributed by atoms with Gasteiger partial charge in [-0.05, 0) is 36.2 Å².